The lowest BCUT2D eigenvalue weighted by atomic mass is 10.0. The number of amides is 2. The van der Waals surface area contributed by atoms with Crippen molar-refractivity contribution in [1.29, 1.82) is 0 Å². The summed E-state index contributed by atoms with van der Waals surface area (Å²) in [6.45, 7) is 0.730. The lowest BCUT2D eigenvalue weighted by molar-refractivity contribution is -0.122. The van der Waals surface area contributed by atoms with Gasteiger partial charge in [0.25, 0.3) is 5.91 Å². The highest BCUT2D eigenvalue weighted by Crippen LogP contribution is 2.28. The number of nitrogens with zero attached hydrogens (tertiary/aromatic N) is 1. The van der Waals surface area contributed by atoms with Crippen molar-refractivity contribution in [3.8, 4) is 0 Å². The molecule has 172 valence electrons. The van der Waals surface area contributed by atoms with Crippen molar-refractivity contribution < 1.29 is 26.8 Å². The van der Waals surface area contributed by atoms with Crippen molar-refractivity contribution >= 4 is 33.4 Å². The molecule has 0 bridgehead atoms. The lowest BCUT2D eigenvalue weighted by Crippen LogP contribution is -2.39. The average Bonchev–Trinajstić information content (AvgIpc) is 2.79. The second kappa shape index (κ2) is 9.93. The number of rotatable bonds is 6. The minimum atomic E-state index is -3.91. The zero-order valence-electron chi connectivity index (χ0n) is 17.2. The maximum Gasteiger partial charge on any atom is 0.252 e. The van der Waals surface area contributed by atoms with E-state index in [0.717, 1.165) is 37.5 Å². The van der Waals surface area contributed by atoms with E-state index in [0.29, 0.717) is 13.1 Å². The van der Waals surface area contributed by atoms with Crippen molar-refractivity contribution in [2.45, 2.75) is 30.2 Å². The fourth-order valence-electron chi connectivity index (χ4n) is 3.44. The predicted octanol–water partition coefficient (Wildman–Crippen LogP) is 3.01. The Hall–Kier alpha value is -2.56. The molecule has 1 heterocycles. The van der Waals surface area contributed by atoms with Crippen LogP contribution in [0.15, 0.2) is 41.3 Å². The number of carbonyl (C=O) groups is 2. The van der Waals surface area contributed by atoms with Gasteiger partial charge in [0.15, 0.2) is 11.6 Å². The van der Waals surface area contributed by atoms with Gasteiger partial charge in [-0.3, -0.25) is 9.59 Å². The molecule has 2 amide bonds. The van der Waals surface area contributed by atoms with Crippen molar-refractivity contribution in [1.82, 2.24) is 14.9 Å². The third-order valence-electron chi connectivity index (χ3n) is 5.19. The molecule has 0 radical (unpaired) electrons. The summed E-state index contributed by atoms with van der Waals surface area (Å²) in [6.07, 6.45) is 2.41. The molecule has 0 aromatic heterocycles. The fraction of sp³-hybridized carbons (Fsp3) is 0.333. The third kappa shape index (κ3) is 5.08. The van der Waals surface area contributed by atoms with Crippen LogP contribution in [0.4, 0.5) is 8.78 Å². The molecule has 1 fully saturated rings. The first-order chi connectivity index (χ1) is 15.1. The van der Waals surface area contributed by atoms with E-state index in [9.17, 15) is 26.8 Å². The Morgan fingerprint density at radius 3 is 2.34 bits per heavy atom. The average molecular weight is 486 g/mol. The van der Waals surface area contributed by atoms with Gasteiger partial charge < -0.3 is 10.6 Å². The quantitative estimate of drug-likeness (QED) is 0.657. The maximum atomic E-state index is 13.7. The van der Waals surface area contributed by atoms with E-state index in [-0.39, 0.29) is 21.0 Å². The zero-order valence-corrected chi connectivity index (χ0v) is 18.8. The smallest absolute Gasteiger partial charge is 0.252 e. The van der Waals surface area contributed by atoms with Crippen LogP contribution in [0.25, 0.3) is 0 Å². The van der Waals surface area contributed by atoms with Gasteiger partial charge in [-0.25, -0.2) is 17.2 Å². The number of hydrogen-bond acceptors (Lipinski definition) is 4. The van der Waals surface area contributed by atoms with Gasteiger partial charge in [-0.1, -0.05) is 24.1 Å². The van der Waals surface area contributed by atoms with Crippen molar-refractivity contribution in [3.63, 3.8) is 0 Å². The fourth-order valence-corrected chi connectivity index (χ4v) is 5.46. The minimum Gasteiger partial charge on any atom is -0.357 e. The summed E-state index contributed by atoms with van der Waals surface area (Å²) in [5.41, 5.74) is -0.0341. The van der Waals surface area contributed by atoms with Crippen LogP contribution in [-0.2, 0) is 14.8 Å². The van der Waals surface area contributed by atoms with Gasteiger partial charge in [0, 0.05) is 25.7 Å². The molecule has 1 atom stereocenters. The molecule has 2 aromatic rings. The number of nitrogens with one attached hydrogen (secondary N) is 2. The zero-order chi connectivity index (χ0) is 23.5. The summed E-state index contributed by atoms with van der Waals surface area (Å²) in [7, 11) is -2.58. The van der Waals surface area contributed by atoms with Crippen molar-refractivity contribution in [2.75, 3.05) is 20.1 Å². The van der Waals surface area contributed by atoms with E-state index >= 15 is 0 Å². The summed E-state index contributed by atoms with van der Waals surface area (Å²) in [5, 5.41) is 4.75. The normalized spacial score (nSPS) is 15.8. The number of likely N-dealkylation sites (N-methyl/N-ethyl adjacent to an activating group) is 1. The van der Waals surface area contributed by atoms with Gasteiger partial charge in [-0.05, 0) is 48.7 Å². The molecule has 1 unspecified atom stereocenters. The van der Waals surface area contributed by atoms with Crippen LogP contribution in [-0.4, -0.2) is 44.7 Å². The van der Waals surface area contributed by atoms with E-state index in [1.165, 1.54) is 29.6 Å². The van der Waals surface area contributed by atoms with Crippen molar-refractivity contribution in [2.24, 2.45) is 0 Å². The number of carbonyl (C=O) groups excluding carboxylic acids is 2. The Kier molecular flexibility index (Phi) is 7.47. The maximum absolute atomic E-state index is 13.7. The first-order valence-corrected chi connectivity index (χ1v) is 11.7. The number of sulfonamides is 1. The predicted molar refractivity (Wildman–Crippen MR) is 115 cm³/mol. The molecule has 2 N–H and O–H groups in total. The summed E-state index contributed by atoms with van der Waals surface area (Å²) < 4.78 is 54.3. The first kappa shape index (κ1) is 24.1. The molecule has 32 heavy (non-hydrogen) atoms. The topological polar surface area (TPSA) is 95.6 Å². The molecule has 1 aliphatic rings. The van der Waals surface area contributed by atoms with Gasteiger partial charge in [-0.15, -0.1) is 0 Å². The Labute approximate surface area is 189 Å². The van der Waals surface area contributed by atoms with Gasteiger partial charge in [0.1, 0.15) is 10.9 Å². The first-order valence-electron chi connectivity index (χ1n) is 9.92. The summed E-state index contributed by atoms with van der Waals surface area (Å²) >= 11 is 6.13. The van der Waals surface area contributed by atoms with E-state index in [4.69, 9.17) is 11.6 Å². The molecule has 1 aliphatic heterocycles. The molecular weight excluding hydrogens is 464 g/mol. The van der Waals surface area contributed by atoms with E-state index < -0.39 is 39.5 Å². The summed E-state index contributed by atoms with van der Waals surface area (Å²) in [4.78, 5) is 24.9. The van der Waals surface area contributed by atoms with Crippen LogP contribution in [0.2, 0.25) is 5.02 Å². The minimum absolute atomic E-state index is 0.0201. The molecule has 11 heteroatoms. The largest absolute Gasteiger partial charge is 0.357 e. The highest BCUT2D eigenvalue weighted by Gasteiger charge is 2.30. The molecule has 2 aromatic carbocycles. The number of benzene rings is 2. The van der Waals surface area contributed by atoms with E-state index in [1.54, 1.807) is 0 Å². The van der Waals surface area contributed by atoms with Gasteiger partial charge in [0.2, 0.25) is 15.9 Å². The Bertz CT molecular complexity index is 1140. The Balaban J connectivity index is 1.91. The standard InChI is InChI=1S/C21H22ClF2N3O4S/c1-25-21(29)19(13-6-8-16(23)17(24)11-13)26-20(28)14-5-7-15(22)18(12-14)32(30,31)27-9-3-2-4-10-27/h5-8,11-12,19H,2-4,9-10H2,1H3,(H,25,29)(H,26,28). The number of halogens is 3. The molecule has 7 nitrogen and oxygen atoms in total. The summed E-state index contributed by atoms with van der Waals surface area (Å²) in [5.74, 6) is -3.72. The van der Waals surface area contributed by atoms with Crippen LogP contribution in [0.1, 0.15) is 41.2 Å². The summed E-state index contributed by atoms with van der Waals surface area (Å²) in [6, 6.07) is 5.25. The monoisotopic (exact) mass is 485 g/mol. The van der Waals surface area contributed by atoms with Crippen molar-refractivity contribution in [3.05, 3.63) is 64.2 Å². The van der Waals surface area contributed by atoms with Crippen LogP contribution in [0.5, 0.6) is 0 Å². The van der Waals surface area contributed by atoms with Crippen LogP contribution in [0.3, 0.4) is 0 Å². The highest BCUT2D eigenvalue weighted by atomic mass is 35.5. The number of piperidine rings is 1. The molecule has 1 saturated heterocycles. The molecule has 0 spiro atoms. The second-order valence-corrected chi connectivity index (χ2v) is 9.62. The SMILES string of the molecule is CNC(=O)C(NC(=O)c1ccc(Cl)c(S(=O)(=O)N2CCCCC2)c1)c1ccc(F)c(F)c1. The van der Waals surface area contributed by atoms with Crippen LogP contribution >= 0.6 is 11.6 Å². The van der Waals surface area contributed by atoms with Gasteiger partial charge >= 0.3 is 0 Å². The molecule has 0 saturated carbocycles. The lowest BCUT2D eigenvalue weighted by Gasteiger charge is -2.26. The van der Waals surface area contributed by atoms with Crippen LogP contribution < -0.4 is 10.6 Å². The van der Waals surface area contributed by atoms with Gasteiger partial charge in [0.05, 0.1) is 5.02 Å². The Morgan fingerprint density at radius 2 is 1.72 bits per heavy atom. The Morgan fingerprint density at radius 1 is 1.03 bits per heavy atom. The van der Waals surface area contributed by atoms with E-state index in [2.05, 4.69) is 10.6 Å². The molecule has 0 aliphatic carbocycles. The van der Waals surface area contributed by atoms with E-state index in [1.807, 2.05) is 0 Å². The third-order valence-corrected chi connectivity index (χ3v) is 7.57. The number of hydrogen-bond donors (Lipinski definition) is 2. The van der Waals surface area contributed by atoms with Gasteiger partial charge in [-0.2, -0.15) is 4.31 Å². The molecular formula is C21H22ClF2N3O4S. The highest BCUT2D eigenvalue weighted by molar-refractivity contribution is 7.89. The second-order valence-electron chi connectivity index (χ2n) is 7.30. The molecule has 3 rings (SSSR count). The van der Waals surface area contributed by atoms with Crippen LogP contribution in [0, 0.1) is 11.6 Å².